The molecule has 1 aliphatic carbocycles. The van der Waals surface area contributed by atoms with Crippen molar-refractivity contribution in [3.8, 4) is 0 Å². The normalized spacial score (nSPS) is 24.5. The quantitative estimate of drug-likeness (QED) is 0.199. The molecule has 19 heavy (non-hydrogen) atoms. The number of nitrogens with one attached hydrogen (secondary N) is 2. The van der Waals surface area contributed by atoms with E-state index in [1.54, 1.807) is 0 Å². The zero-order valence-corrected chi connectivity index (χ0v) is 9.78. The van der Waals surface area contributed by atoms with E-state index in [4.69, 9.17) is 44.2 Å². The summed E-state index contributed by atoms with van der Waals surface area (Å²) in [5.41, 5.74) is 26.7. The molecular weight excluding hydrogens is 250 g/mol. The van der Waals surface area contributed by atoms with Crippen molar-refractivity contribution >= 4 is 17.4 Å². The first-order valence-electron chi connectivity index (χ1n) is 5.17. The summed E-state index contributed by atoms with van der Waals surface area (Å²) in [5.74, 6) is -0.811. The number of esters is 1. The highest BCUT2D eigenvalue weighted by molar-refractivity contribution is 6.30. The predicted molar refractivity (Wildman–Crippen MR) is 67.3 cm³/mol. The van der Waals surface area contributed by atoms with E-state index in [1.165, 1.54) is 0 Å². The summed E-state index contributed by atoms with van der Waals surface area (Å²) in [7, 11) is 0. The van der Waals surface area contributed by atoms with Gasteiger partial charge in [0.25, 0.3) is 0 Å². The van der Waals surface area contributed by atoms with E-state index >= 15 is 0 Å². The molecule has 12 N–H and O–H groups in total. The SMILES string of the molecule is N=C1C(N)=C(N)C(=N)C(C2=C(N)C(N)OC2=O)=C1N. The average Bonchev–Trinajstić information content (AvgIpc) is 2.61. The Hall–Kier alpha value is -2.81. The molecule has 100 valence electrons. The van der Waals surface area contributed by atoms with Gasteiger partial charge in [-0.2, -0.15) is 0 Å². The smallest absolute Gasteiger partial charge is 0.342 e. The monoisotopic (exact) mass is 263 g/mol. The third kappa shape index (κ3) is 1.56. The summed E-state index contributed by atoms with van der Waals surface area (Å²) in [6.07, 6.45) is -1.10. The molecule has 2 rings (SSSR count). The van der Waals surface area contributed by atoms with E-state index in [1.807, 2.05) is 0 Å². The number of hydrogen-bond donors (Lipinski definition) is 7. The van der Waals surface area contributed by atoms with Gasteiger partial charge in [-0.3, -0.25) is 16.6 Å². The molecule has 1 atom stereocenters. The Labute approximate surface area is 107 Å². The maximum Gasteiger partial charge on any atom is 0.342 e. The van der Waals surface area contributed by atoms with Crippen molar-refractivity contribution in [2.24, 2.45) is 28.7 Å². The number of nitrogens with two attached hydrogens (primary N) is 5. The van der Waals surface area contributed by atoms with Crippen LogP contribution in [0, 0.1) is 10.8 Å². The number of carbonyl (C=O) groups is 1. The van der Waals surface area contributed by atoms with Crippen molar-refractivity contribution in [1.29, 1.82) is 10.8 Å². The molecule has 0 saturated heterocycles. The second-order valence-electron chi connectivity index (χ2n) is 4.02. The van der Waals surface area contributed by atoms with Gasteiger partial charge in [0.05, 0.1) is 34.1 Å². The zero-order valence-electron chi connectivity index (χ0n) is 9.78. The van der Waals surface area contributed by atoms with Crippen molar-refractivity contribution in [3.63, 3.8) is 0 Å². The zero-order chi connectivity index (χ0) is 14.5. The fraction of sp³-hybridized carbons (Fsp3) is 0.100. The van der Waals surface area contributed by atoms with Crippen molar-refractivity contribution in [1.82, 2.24) is 0 Å². The number of ether oxygens (including phenoxy) is 1. The Morgan fingerprint density at radius 2 is 1.42 bits per heavy atom. The molecule has 0 bridgehead atoms. The van der Waals surface area contributed by atoms with Gasteiger partial charge in [-0.1, -0.05) is 0 Å². The Bertz CT molecular complexity index is 626. The fourth-order valence-corrected chi connectivity index (χ4v) is 1.81. The lowest BCUT2D eigenvalue weighted by molar-refractivity contribution is -0.139. The summed E-state index contributed by atoms with van der Waals surface area (Å²) >= 11 is 0. The van der Waals surface area contributed by atoms with E-state index in [0.717, 1.165) is 0 Å². The minimum atomic E-state index is -1.10. The summed E-state index contributed by atoms with van der Waals surface area (Å²) in [6, 6.07) is 0. The van der Waals surface area contributed by atoms with Crippen molar-refractivity contribution < 1.29 is 9.53 Å². The second-order valence-corrected chi connectivity index (χ2v) is 4.02. The second kappa shape index (κ2) is 3.85. The maximum absolute atomic E-state index is 11.7. The van der Waals surface area contributed by atoms with Crippen LogP contribution in [0.15, 0.2) is 33.9 Å². The van der Waals surface area contributed by atoms with Gasteiger partial charge < -0.3 is 27.7 Å². The van der Waals surface area contributed by atoms with Crippen LogP contribution in [-0.4, -0.2) is 23.6 Å². The van der Waals surface area contributed by atoms with Crippen LogP contribution in [0.3, 0.4) is 0 Å². The lowest BCUT2D eigenvalue weighted by atomic mass is 9.88. The summed E-state index contributed by atoms with van der Waals surface area (Å²) in [4.78, 5) is 11.7. The lowest BCUT2D eigenvalue weighted by Crippen LogP contribution is -2.35. The Kier molecular flexibility index (Phi) is 2.56. The van der Waals surface area contributed by atoms with Gasteiger partial charge in [-0.25, -0.2) is 4.79 Å². The van der Waals surface area contributed by atoms with Gasteiger partial charge in [0.15, 0.2) is 6.23 Å². The highest BCUT2D eigenvalue weighted by Gasteiger charge is 2.38. The third-order valence-electron chi connectivity index (χ3n) is 2.90. The van der Waals surface area contributed by atoms with Crippen LogP contribution in [-0.2, 0) is 9.53 Å². The topological polar surface area (TPSA) is 204 Å². The molecule has 1 heterocycles. The average molecular weight is 263 g/mol. The van der Waals surface area contributed by atoms with Crippen LogP contribution < -0.4 is 28.7 Å². The molecule has 0 amide bonds. The molecule has 9 heteroatoms. The van der Waals surface area contributed by atoms with Crippen LogP contribution in [0.2, 0.25) is 0 Å². The van der Waals surface area contributed by atoms with Crippen LogP contribution in [0.5, 0.6) is 0 Å². The van der Waals surface area contributed by atoms with Gasteiger partial charge in [0.1, 0.15) is 5.71 Å². The molecule has 0 aromatic carbocycles. The molecule has 1 unspecified atom stereocenters. The summed E-state index contributed by atoms with van der Waals surface area (Å²) < 4.78 is 4.73. The highest BCUT2D eigenvalue weighted by atomic mass is 16.6. The summed E-state index contributed by atoms with van der Waals surface area (Å²) in [5, 5.41) is 15.6. The lowest BCUT2D eigenvalue weighted by Gasteiger charge is -2.21. The first-order valence-corrected chi connectivity index (χ1v) is 5.17. The molecular formula is C10H13N7O2. The minimum Gasteiger partial charge on any atom is -0.437 e. The van der Waals surface area contributed by atoms with Gasteiger partial charge >= 0.3 is 5.97 Å². The molecule has 0 radical (unpaired) electrons. The minimum absolute atomic E-state index is 0.0613. The van der Waals surface area contributed by atoms with Crippen molar-refractivity contribution in [2.75, 3.05) is 0 Å². The molecule has 0 fully saturated rings. The van der Waals surface area contributed by atoms with E-state index in [9.17, 15) is 4.79 Å². The fourth-order valence-electron chi connectivity index (χ4n) is 1.81. The Morgan fingerprint density at radius 1 is 0.895 bits per heavy atom. The first-order chi connectivity index (χ1) is 8.77. The number of hydrogen-bond acceptors (Lipinski definition) is 9. The van der Waals surface area contributed by atoms with Gasteiger partial charge in [0, 0.05) is 5.57 Å². The molecule has 9 nitrogen and oxygen atoms in total. The molecule has 0 aromatic heterocycles. The summed E-state index contributed by atoms with van der Waals surface area (Å²) in [6.45, 7) is 0. The van der Waals surface area contributed by atoms with Gasteiger partial charge in [-0.15, -0.1) is 0 Å². The molecule has 0 saturated carbocycles. The van der Waals surface area contributed by atoms with Crippen LogP contribution in [0.25, 0.3) is 0 Å². The van der Waals surface area contributed by atoms with Crippen LogP contribution in [0.1, 0.15) is 0 Å². The number of allylic oxidation sites excluding steroid dienone is 1. The van der Waals surface area contributed by atoms with Crippen LogP contribution >= 0.6 is 0 Å². The van der Waals surface area contributed by atoms with Crippen molar-refractivity contribution in [3.05, 3.63) is 33.9 Å². The van der Waals surface area contributed by atoms with E-state index in [0.29, 0.717) is 0 Å². The molecule has 1 aliphatic heterocycles. The molecule has 0 spiro atoms. The first kappa shape index (κ1) is 12.6. The number of rotatable bonds is 1. The van der Waals surface area contributed by atoms with E-state index < -0.39 is 12.2 Å². The molecule has 0 aromatic rings. The maximum atomic E-state index is 11.7. The van der Waals surface area contributed by atoms with Gasteiger partial charge in [-0.05, 0) is 0 Å². The standard InChI is InChI=1S/C10H13N7O2/c11-3-1(2-5(13)9(17)19-10(2)18)4(12)7(15)8(16)6(3)14/h9,11,15H,12-14,16-17H2. The van der Waals surface area contributed by atoms with Crippen molar-refractivity contribution in [2.45, 2.75) is 6.23 Å². The predicted octanol–water partition coefficient (Wildman–Crippen LogP) is -2.56. The number of carbonyl (C=O) groups excluding carboxylic acids is 1. The largest absolute Gasteiger partial charge is 0.437 e. The van der Waals surface area contributed by atoms with E-state index in [2.05, 4.69) is 0 Å². The Morgan fingerprint density at radius 3 is 1.89 bits per heavy atom. The Balaban J connectivity index is 2.67. The third-order valence-corrected chi connectivity index (χ3v) is 2.90. The van der Waals surface area contributed by atoms with Crippen LogP contribution in [0.4, 0.5) is 0 Å². The highest BCUT2D eigenvalue weighted by Crippen LogP contribution is 2.29. The molecule has 2 aliphatic rings. The number of cyclic esters (lactones) is 1. The van der Waals surface area contributed by atoms with Gasteiger partial charge in [0.2, 0.25) is 0 Å². The van der Waals surface area contributed by atoms with E-state index in [-0.39, 0.29) is 45.4 Å².